The van der Waals surface area contributed by atoms with E-state index in [4.69, 9.17) is 5.26 Å². The average Bonchev–Trinajstić information content (AvgIpc) is 2.26. The van der Waals surface area contributed by atoms with E-state index in [1.165, 1.54) is 6.07 Å². The minimum Gasteiger partial charge on any atom is -0.507 e. The van der Waals surface area contributed by atoms with E-state index in [1.54, 1.807) is 0 Å². The molecule has 0 aliphatic rings. The van der Waals surface area contributed by atoms with Gasteiger partial charge in [0.2, 0.25) is 0 Å². The molecule has 17 heavy (non-hydrogen) atoms. The van der Waals surface area contributed by atoms with Crippen LogP contribution in [-0.4, -0.2) is 16.2 Å². The molecule has 0 heterocycles. The van der Waals surface area contributed by atoms with Crippen LogP contribution in [0.25, 0.3) is 0 Å². The van der Waals surface area contributed by atoms with Crippen molar-refractivity contribution in [3.05, 3.63) is 28.8 Å². The Morgan fingerprint density at radius 1 is 1.47 bits per heavy atom. The number of alkyl halides is 4. The first-order chi connectivity index (χ1) is 7.81. The van der Waals surface area contributed by atoms with Crippen molar-refractivity contribution in [2.24, 2.45) is 0 Å². The van der Waals surface area contributed by atoms with Gasteiger partial charge in [-0.2, -0.15) is 18.4 Å². The first-order valence-electron chi connectivity index (χ1n) is 4.24. The second-order valence-electron chi connectivity index (χ2n) is 3.09. The van der Waals surface area contributed by atoms with E-state index in [0.717, 1.165) is 6.07 Å². The topological polar surface area (TPSA) is 61.1 Å². The summed E-state index contributed by atoms with van der Waals surface area (Å²) in [7, 11) is 0. The molecule has 0 radical (unpaired) electrons. The number of rotatable bonds is 2. The molecule has 7 heteroatoms. The third kappa shape index (κ3) is 2.77. The van der Waals surface area contributed by atoms with Crippen LogP contribution >= 0.6 is 15.9 Å². The van der Waals surface area contributed by atoms with Gasteiger partial charge >= 0.3 is 6.18 Å². The van der Waals surface area contributed by atoms with Gasteiger partial charge in [-0.15, -0.1) is 0 Å². The zero-order valence-electron chi connectivity index (χ0n) is 8.18. The van der Waals surface area contributed by atoms with Gasteiger partial charge < -0.3 is 5.11 Å². The fraction of sp³-hybridized carbons (Fsp3) is 0.200. The monoisotopic (exact) mass is 307 g/mol. The number of nitrogens with zero attached hydrogens (tertiary/aromatic N) is 1. The summed E-state index contributed by atoms with van der Waals surface area (Å²) in [5, 5.41) is 17.7. The van der Waals surface area contributed by atoms with Gasteiger partial charge in [0.25, 0.3) is 0 Å². The van der Waals surface area contributed by atoms with Crippen molar-refractivity contribution in [3.63, 3.8) is 0 Å². The highest BCUT2D eigenvalue weighted by Gasteiger charge is 2.36. The van der Waals surface area contributed by atoms with Gasteiger partial charge in [-0.3, -0.25) is 4.79 Å². The Kier molecular flexibility index (Phi) is 3.78. The van der Waals surface area contributed by atoms with Crippen LogP contribution in [0.15, 0.2) is 12.1 Å². The van der Waals surface area contributed by atoms with E-state index in [-0.39, 0.29) is 10.9 Å². The number of benzene rings is 1. The number of phenolic OH excluding ortho intramolecular Hbond substituents is 1. The summed E-state index contributed by atoms with van der Waals surface area (Å²) in [6.07, 6.45) is -4.82. The number of ketones is 1. The third-order valence-corrected chi connectivity index (χ3v) is 2.48. The van der Waals surface area contributed by atoms with Gasteiger partial charge in [0.15, 0.2) is 5.78 Å². The van der Waals surface area contributed by atoms with Crippen molar-refractivity contribution in [3.8, 4) is 11.8 Å². The largest absolute Gasteiger partial charge is 0.507 e. The molecule has 0 atom stereocenters. The number of carbonyl (C=O) groups excluding carboxylic acids is 1. The number of hydrogen-bond donors (Lipinski definition) is 1. The number of hydrogen-bond acceptors (Lipinski definition) is 3. The molecular weight excluding hydrogens is 303 g/mol. The number of phenols is 1. The molecule has 0 fully saturated rings. The number of Topliss-reactive ketones (excluding diaryl/α,β-unsaturated/α-hetero) is 1. The summed E-state index contributed by atoms with van der Waals surface area (Å²) < 4.78 is 37.6. The lowest BCUT2D eigenvalue weighted by Crippen LogP contribution is -2.10. The molecule has 1 N–H and O–H groups in total. The van der Waals surface area contributed by atoms with Crippen LogP contribution in [0.1, 0.15) is 21.5 Å². The number of aromatic hydroxyl groups is 1. The summed E-state index contributed by atoms with van der Waals surface area (Å²) in [6.45, 7) is 0. The third-order valence-electron chi connectivity index (χ3n) is 1.97. The van der Waals surface area contributed by atoms with E-state index < -0.39 is 28.8 Å². The molecule has 1 aromatic rings. The minimum absolute atomic E-state index is 0.243. The molecule has 0 unspecified atom stereocenters. The van der Waals surface area contributed by atoms with E-state index in [9.17, 15) is 23.1 Å². The molecule has 0 saturated carbocycles. The molecule has 1 rings (SSSR count). The molecular formula is C10H5BrF3NO2. The van der Waals surface area contributed by atoms with Crippen molar-refractivity contribution < 1.29 is 23.1 Å². The average molecular weight is 308 g/mol. The predicted molar refractivity (Wildman–Crippen MR) is 55.9 cm³/mol. The Bertz CT molecular complexity index is 505. The number of nitriles is 1. The zero-order chi connectivity index (χ0) is 13.2. The second-order valence-corrected chi connectivity index (χ2v) is 3.65. The quantitative estimate of drug-likeness (QED) is 0.675. The van der Waals surface area contributed by atoms with Gasteiger partial charge in [0.1, 0.15) is 5.75 Å². The highest BCUT2D eigenvalue weighted by Crippen LogP contribution is 2.38. The molecule has 0 spiro atoms. The molecule has 0 saturated heterocycles. The lowest BCUT2D eigenvalue weighted by atomic mass is 10.0. The van der Waals surface area contributed by atoms with Crippen LogP contribution in [0.5, 0.6) is 5.75 Å². The molecule has 0 bridgehead atoms. The van der Waals surface area contributed by atoms with Gasteiger partial charge in [-0.05, 0) is 12.1 Å². The highest BCUT2D eigenvalue weighted by atomic mass is 79.9. The van der Waals surface area contributed by atoms with Crippen LogP contribution in [0.4, 0.5) is 13.2 Å². The second kappa shape index (κ2) is 4.75. The first kappa shape index (κ1) is 13.5. The SMILES string of the molecule is N#Cc1cc(C(=O)CBr)c(O)c(C(F)(F)F)c1. The van der Waals surface area contributed by atoms with Crippen LogP contribution in [0.3, 0.4) is 0 Å². The lowest BCUT2D eigenvalue weighted by molar-refractivity contribution is -0.138. The maximum Gasteiger partial charge on any atom is 0.420 e. The first-order valence-corrected chi connectivity index (χ1v) is 5.37. The summed E-state index contributed by atoms with van der Waals surface area (Å²) in [6, 6.07) is 2.93. The van der Waals surface area contributed by atoms with Crippen molar-refractivity contribution in [1.82, 2.24) is 0 Å². The molecule has 3 nitrogen and oxygen atoms in total. The van der Waals surface area contributed by atoms with E-state index in [2.05, 4.69) is 15.9 Å². The summed E-state index contributed by atoms with van der Waals surface area (Å²) >= 11 is 2.78. The van der Waals surface area contributed by atoms with Crippen LogP contribution < -0.4 is 0 Å². The smallest absolute Gasteiger partial charge is 0.420 e. The number of halogens is 4. The Hall–Kier alpha value is -1.55. The zero-order valence-corrected chi connectivity index (χ0v) is 9.76. The van der Waals surface area contributed by atoms with E-state index in [0.29, 0.717) is 6.07 Å². The Labute approximate surface area is 103 Å². The van der Waals surface area contributed by atoms with Crippen LogP contribution in [0, 0.1) is 11.3 Å². The van der Waals surface area contributed by atoms with Crippen LogP contribution in [-0.2, 0) is 6.18 Å². The Morgan fingerprint density at radius 3 is 2.47 bits per heavy atom. The van der Waals surface area contributed by atoms with Crippen LogP contribution in [0.2, 0.25) is 0 Å². The van der Waals surface area contributed by atoms with Crippen molar-refractivity contribution in [1.29, 1.82) is 5.26 Å². The fourth-order valence-electron chi connectivity index (χ4n) is 1.20. The Morgan fingerprint density at radius 2 is 2.06 bits per heavy atom. The maximum atomic E-state index is 12.5. The van der Waals surface area contributed by atoms with Gasteiger partial charge in [-0.25, -0.2) is 0 Å². The molecule has 0 aromatic heterocycles. The summed E-state index contributed by atoms with van der Waals surface area (Å²) in [4.78, 5) is 11.3. The normalized spacial score (nSPS) is 11.0. The molecule has 0 amide bonds. The molecule has 90 valence electrons. The predicted octanol–water partition coefficient (Wildman–Crippen LogP) is 2.86. The molecule has 0 aliphatic carbocycles. The van der Waals surface area contributed by atoms with E-state index in [1.807, 2.05) is 0 Å². The Balaban J connectivity index is 3.54. The maximum absolute atomic E-state index is 12.5. The van der Waals surface area contributed by atoms with Gasteiger partial charge in [0.05, 0.1) is 28.1 Å². The standard InChI is InChI=1S/C10H5BrF3NO2/c11-3-8(16)6-1-5(4-15)2-7(9(6)17)10(12,13)14/h1-2,17H,3H2. The number of carbonyl (C=O) groups is 1. The fourth-order valence-corrected chi connectivity index (χ4v) is 1.50. The van der Waals surface area contributed by atoms with E-state index >= 15 is 0 Å². The van der Waals surface area contributed by atoms with Crippen molar-refractivity contribution in [2.45, 2.75) is 6.18 Å². The van der Waals surface area contributed by atoms with Crippen molar-refractivity contribution in [2.75, 3.05) is 5.33 Å². The minimum atomic E-state index is -4.82. The van der Waals surface area contributed by atoms with Gasteiger partial charge in [0, 0.05) is 0 Å². The van der Waals surface area contributed by atoms with Crippen molar-refractivity contribution >= 4 is 21.7 Å². The lowest BCUT2D eigenvalue weighted by Gasteiger charge is -2.12. The summed E-state index contributed by atoms with van der Waals surface area (Å²) in [5.41, 5.74) is -2.24. The molecule has 0 aliphatic heterocycles. The van der Waals surface area contributed by atoms with Gasteiger partial charge in [-0.1, -0.05) is 15.9 Å². The summed E-state index contributed by atoms with van der Waals surface area (Å²) in [5.74, 6) is -1.88. The highest BCUT2D eigenvalue weighted by molar-refractivity contribution is 9.09. The molecule has 1 aromatic carbocycles.